The minimum Gasteiger partial charge on any atom is -0.444 e. The number of amides is 2. The summed E-state index contributed by atoms with van der Waals surface area (Å²) in [4.78, 5) is 36.2. The molecule has 1 atom stereocenters. The molecule has 0 saturated carbocycles. The predicted molar refractivity (Wildman–Crippen MR) is 117 cm³/mol. The minimum absolute atomic E-state index is 0.0645. The Morgan fingerprint density at radius 3 is 2.47 bits per heavy atom. The van der Waals surface area contributed by atoms with Crippen molar-refractivity contribution in [3.63, 3.8) is 0 Å². The van der Waals surface area contributed by atoms with Gasteiger partial charge in [-0.15, -0.1) is 0 Å². The van der Waals surface area contributed by atoms with Crippen molar-refractivity contribution in [2.75, 3.05) is 13.1 Å². The maximum Gasteiger partial charge on any atom is 0.408 e. The zero-order valence-electron chi connectivity index (χ0n) is 19.0. The molecule has 10 heteroatoms. The summed E-state index contributed by atoms with van der Waals surface area (Å²) in [5.74, 6) is 0.634. The van der Waals surface area contributed by atoms with Crippen LogP contribution < -0.4 is 22.1 Å². The molecule has 30 heavy (non-hydrogen) atoms. The Morgan fingerprint density at radius 2 is 1.90 bits per heavy atom. The van der Waals surface area contributed by atoms with Gasteiger partial charge in [-0.25, -0.2) is 9.78 Å². The van der Waals surface area contributed by atoms with Crippen LogP contribution in [0.2, 0.25) is 0 Å². The van der Waals surface area contributed by atoms with Crippen LogP contribution in [0.5, 0.6) is 0 Å². The molecule has 0 aliphatic carbocycles. The minimum atomic E-state index is -0.599. The molecule has 0 radical (unpaired) electrons. The summed E-state index contributed by atoms with van der Waals surface area (Å²) < 4.78 is 5.36. The molecule has 0 spiro atoms. The average Bonchev–Trinajstić information content (AvgIpc) is 2.96. The fourth-order valence-corrected chi connectivity index (χ4v) is 2.76. The molecular formula is C20H37N7O3. The van der Waals surface area contributed by atoms with Crippen LogP contribution in [-0.4, -0.2) is 46.6 Å². The first kappa shape index (κ1) is 25.3. The number of H-pyrrole nitrogens is 1. The molecule has 1 aromatic rings. The molecule has 0 aromatic carbocycles. The number of ether oxygens (including phenoxy) is 1. The summed E-state index contributed by atoms with van der Waals surface area (Å²) in [5, 5.41) is 5.70. The van der Waals surface area contributed by atoms with Crippen molar-refractivity contribution in [2.24, 2.45) is 22.4 Å². The summed E-state index contributed by atoms with van der Waals surface area (Å²) >= 11 is 0. The second-order valence-electron chi connectivity index (χ2n) is 8.69. The van der Waals surface area contributed by atoms with E-state index in [1.165, 1.54) is 0 Å². The summed E-state index contributed by atoms with van der Waals surface area (Å²) in [5.41, 5.74) is 10.9. The van der Waals surface area contributed by atoms with Gasteiger partial charge in [0.1, 0.15) is 17.1 Å². The van der Waals surface area contributed by atoms with E-state index in [0.717, 1.165) is 12.8 Å². The Morgan fingerprint density at radius 1 is 1.23 bits per heavy atom. The SMILES string of the molecule is Cc1[nH]c(C(CC(C)C)NC(=O)OC(C)(C)C)nc1C(=O)NCCCCN=C(N)N. The van der Waals surface area contributed by atoms with Gasteiger partial charge in [-0.2, -0.15) is 0 Å². The number of imidazole rings is 1. The zero-order valence-corrected chi connectivity index (χ0v) is 19.0. The van der Waals surface area contributed by atoms with Gasteiger partial charge in [0.25, 0.3) is 5.91 Å². The predicted octanol–water partition coefficient (Wildman–Crippen LogP) is 2.11. The van der Waals surface area contributed by atoms with Gasteiger partial charge in [0, 0.05) is 18.8 Å². The normalized spacial score (nSPS) is 12.4. The van der Waals surface area contributed by atoms with E-state index in [4.69, 9.17) is 16.2 Å². The van der Waals surface area contributed by atoms with E-state index in [1.54, 1.807) is 27.7 Å². The lowest BCUT2D eigenvalue weighted by atomic mass is 10.0. The van der Waals surface area contributed by atoms with Crippen molar-refractivity contribution in [1.82, 2.24) is 20.6 Å². The highest BCUT2D eigenvalue weighted by atomic mass is 16.6. The van der Waals surface area contributed by atoms with Crippen LogP contribution >= 0.6 is 0 Å². The molecule has 170 valence electrons. The number of alkyl carbamates (subject to hydrolysis) is 1. The van der Waals surface area contributed by atoms with E-state index >= 15 is 0 Å². The fraction of sp³-hybridized carbons (Fsp3) is 0.700. The van der Waals surface area contributed by atoms with E-state index in [1.807, 2.05) is 0 Å². The lowest BCUT2D eigenvalue weighted by Gasteiger charge is -2.23. The highest BCUT2D eigenvalue weighted by Crippen LogP contribution is 2.21. The number of hydrogen-bond donors (Lipinski definition) is 5. The standard InChI is InChI=1S/C20H37N7O3/c1-12(2)11-14(26-19(29)30-20(4,5)6)16-25-13(3)15(27-16)17(28)23-9-7-8-10-24-18(21)22/h12,14H,7-11H2,1-6H3,(H,23,28)(H,25,27)(H,26,29)(H4,21,22,24). The average molecular weight is 424 g/mol. The summed E-state index contributed by atoms with van der Waals surface area (Å²) in [6.45, 7) is 12.3. The number of aromatic nitrogens is 2. The van der Waals surface area contributed by atoms with Gasteiger partial charge in [-0.1, -0.05) is 13.8 Å². The smallest absolute Gasteiger partial charge is 0.408 e. The van der Waals surface area contributed by atoms with Crippen molar-refractivity contribution < 1.29 is 14.3 Å². The quantitative estimate of drug-likeness (QED) is 0.220. The number of nitrogens with two attached hydrogens (primary N) is 2. The van der Waals surface area contributed by atoms with E-state index < -0.39 is 11.7 Å². The van der Waals surface area contributed by atoms with Gasteiger partial charge < -0.3 is 31.8 Å². The first-order chi connectivity index (χ1) is 13.9. The maximum absolute atomic E-state index is 12.5. The molecule has 0 aliphatic rings. The Labute approximate surface area is 178 Å². The van der Waals surface area contributed by atoms with Crippen LogP contribution in [0, 0.1) is 12.8 Å². The van der Waals surface area contributed by atoms with Crippen LogP contribution in [-0.2, 0) is 4.74 Å². The van der Waals surface area contributed by atoms with Crippen molar-refractivity contribution in [2.45, 2.75) is 72.4 Å². The Balaban J connectivity index is 2.76. The van der Waals surface area contributed by atoms with Gasteiger partial charge in [0.2, 0.25) is 0 Å². The topological polar surface area (TPSA) is 161 Å². The largest absolute Gasteiger partial charge is 0.444 e. The number of rotatable bonds is 10. The van der Waals surface area contributed by atoms with Crippen molar-refractivity contribution >= 4 is 18.0 Å². The van der Waals surface area contributed by atoms with Gasteiger partial charge in [0.15, 0.2) is 5.96 Å². The molecule has 1 rings (SSSR count). The van der Waals surface area contributed by atoms with Crippen LogP contribution in [0.15, 0.2) is 4.99 Å². The molecule has 1 heterocycles. The number of aryl methyl sites for hydroxylation is 1. The summed E-state index contributed by atoms with van der Waals surface area (Å²) in [6, 6.07) is -0.389. The van der Waals surface area contributed by atoms with Gasteiger partial charge in [-0.3, -0.25) is 9.79 Å². The Kier molecular flexibility index (Phi) is 9.61. The number of aliphatic imine (C=N–C) groups is 1. The van der Waals surface area contributed by atoms with Gasteiger partial charge in [-0.05, 0) is 52.9 Å². The molecule has 2 amide bonds. The maximum atomic E-state index is 12.5. The number of carbonyl (C=O) groups excluding carboxylic acids is 2. The molecule has 1 aromatic heterocycles. The van der Waals surface area contributed by atoms with E-state index in [-0.39, 0.29) is 17.9 Å². The number of nitrogens with one attached hydrogen (secondary N) is 3. The van der Waals surface area contributed by atoms with Gasteiger partial charge >= 0.3 is 6.09 Å². The lowest BCUT2D eigenvalue weighted by Crippen LogP contribution is -2.36. The molecule has 0 aliphatic heterocycles. The van der Waals surface area contributed by atoms with Crippen LogP contribution in [0.1, 0.15) is 81.9 Å². The first-order valence-corrected chi connectivity index (χ1v) is 10.3. The monoisotopic (exact) mass is 423 g/mol. The number of unbranched alkanes of at least 4 members (excludes halogenated alkanes) is 1. The lowest BCUT2D eigenvalue weighted by molar-refractivity contribution is 0.0495. The molecule has 1 unspecified atom stereocenters. The van der Waals surface area contributed by atoms with E-state index in [2.05, 4.69) is 39.4 Å². The molecule has 10 nitrogen and oxygen atoms in total. The van der Waals surface area contributed by atoms with Gasteiger partial charge in [0.05, 0.1) is 6.04 Å². The molecular weight excluding hydrogens is 386 g/mol. The highest BCUT2D eigenvalue weighted by Gasteiger charge is 2.25. The third-order valence-corrected chi connectivity index (χ3v) is 4.01. The second kappa shape index (κ2) is 11.4. The number of hydrogen-bond acceptors (Lipinski definition) is 5. The summed E-state index contributed by atoms with van der Waals surface area (Å²) in [6.07, 6.45) is 1.64. The molecule has 0 bridgehead atoms. The van der Waals surface area contributed by atoms with E-state index in [9.17, 15) is 9.59 Å². The number of aromatic amines is 1. The van der Waals surface area contributed by atoms with Crippen LogP contribution in [0.4, 0.5) is 4.79 Å². The summed E-state index contributed by atoms with van der Waals surface area (Å²) in [7, 11) is 0. The third-order valence-electron chi connectivity index (χ3n) is 4.01. The van der Waals surface area contributed by atoms with Crippen LogP contribution in [0.3, 0.4) is 0 Å². The number of carbonyl (C=O) groups is 2. The molecule has 0 fully saturated rings. The third kappa shape index (κ3) is 9.62. The zero-order chi connectivity index (χ0) is 22.9. The molecule has 7 N–H and O–H groups in total. The van der Waals surface area contributed by atoms with Crippen molar-refractivity contribution in [3.05, 3.63) is 17.2 Å². The van der Waals surface area contributed by atoms with Crippen molar-refractivity contribution in [1.29, 1.82) is 0 Å². The van der Waals surface area contributed by atoms with Crippen LogP contribution in [0.25, 0.3) is 0 Å². The second-order valence-corrected chi connectivity index (χ2v) is 8.69. The fourth-order valence-electron chi connectivity index (χ4n) is 2.76. The van der Waals surface area contributed by atoms with Crippen molar-refractivity contribution in [3.8, 4) is 0 Å². The number of nitrogens with zero attached hydrogens (tertiary/aromatic N) is 2. The van der Waals surface area contributed by atoms with E-state index in [0.29, 0.717) is 42.6 Å². The number of guanidine groups is 1. The first-order valence-electron chi connectivity index (χ1n) is 10.3. The molecule has 0 saturated heterocycles. The Hall–Kier alpha value is -2.78. The highest BCUT2D eigenvalue weighted by molar-refractivity contribution is 5.93. The Bertz CT molecular complexity index is 731.